The van der Waals surface area contributed by atoms with Crippen LogP contribution in [0.4, 0.5) is 0 Å². The van der Waals surface area contributed by atoms with Crippen LogP contribution in [0.5, 0.6) is 0 Å². The molecule has 0 aliphatic heterocycles. The first-order valence-corrected chi connectivity index (χ1v) is 14.1. The Hall–Kier alpha value is -4.40. The molecule has 1 aliphatic carbocycles. The fourth-order valence-corrected chi connectivity index (χ4v) is 5.63. The molecule has 208 valence electrons. The van der Waals surface area contributed by atoms with Crippen LogP contribution < -0.4 is 5.32 Å². The van der Waals surface area contributed by atoms with E-state index in [1.54, 1.807) is 12.1 Å². The zero-order chi connectivity index (χ0) is 28.0. The Kier molecular flexibility index (Phi) is 8.11. The number of H-pyrrole nitrogens is 1. The van der Waals surface area contributed by atoms with Crippen molar-refractivity contribution in [3.05, 3.63) is 125 Å². The Bertz CT molecular complexity index is 1620. The van der Waals surface area contributed by atoms with Gasteiger partial charge in [0, 0.05) is 32.0 Å². The number of aromatic amines is 1. The summed E-state index contributed by atoms with van der Waals surface area (Å²) in [6.45, 7) is 2.93. The van der Waals surface area contributed by atoms with Gasteiger partial charge < -0.3 is 15.0 Å². The maximum Gasteiger partial charge on any atom is 0.337 e. The molecule has 8 heteroatoms. The number of carbonyl (C=O) groups excluding carboxylic acids is 1. The van der Waals surface area contributed by atoms with Gasteiger partial charge in [-0.05, 0) is 72.4 Å². The van der Waals surface area contributed by atoms with Gasteiger partial charge in [0.1, 0.15) is 5.82 Å². The van der Waals surface area contributed by atoms with E-state index in [2.05, 4.69) is 50.5 Å². The Morgan fingerprint density at radius 3 is 2.66 bits per heavy atom. The predicted molar refractivity (Wildman–Crippen MR) is 158 cm³/mol. The summed E-state index contributed by atoms with van der Waals surface area (Å²) in [5.74, 6) is 0.505. The fourth-order valence-electron chi connectivity index (χ4n) is 5.63. The highest BCUT2D eigenvalue weighted by atomic mass is 16.5. The molecule has 0 spiro atoms. The molecule has 3 aromatic heterocycles. The molecule has 0 bridgehead atoms. The summed E-state index contributed by atoms with van der Waals surface area (Å²) in [4.78, 5) is 32.0. The van der Waals surface area contributed by atoms with Crippen molar-refractivity contribution in [2.45, 2.75) is 51.5 Å². The van der Waals surface area contributed by atoms with Crippen molar-refractivity contribution in [3.63, 3.8) is 0 Å². The number of rotatable bonds is 10. The van der Waals surface area contributed by atoms with Crippen molar-refractivity contribution < 1.29 is 9.53 Å². The van der Waals surface area contributed by atoms with Crippen LogP contribution in [0.25, 0.3) is 11.0 Å². The topological polar surface area (TPSA) is 96.0 Å². The molecule has 1 aliphatic rings. The summed E-state index contributed by atoms with van der Waals surface area (Å²) in [5, 5.41) is 3.48. The second-order valence-corrected chi connectivity index (χ2v) is 10.5. The lowest BCUT2D eigenvalue weighted by Crippen LogP contribution is -2.31. The van der Waals surface area contributed by atoms with Crippen LogP contribution in [0.2, 0.25) is 0 Å². The second kappa shape index (κ2) is 12.4. The molecule has 8 nitrogen and oxygen atoms in total. The predicted octanol–water partition coefficient (Wildman–Crippen LogP) is 5.51. The Balaban J connectivity index is 1.21. The molecule has 3 heterocycles. The maximum absolute atomic E-state index is 12.0. The van der Waals surface area contributed by atoms with Crippen LogP contribution in [0, 0.1) is 0 Å². The lowest BCUT2D eigenvalue weighted by atomic mass is 9.90. The van der Waals surface area contributed by atoms with E-state index in [0.29, 0.717) is 12.1 Å². The summed E-state index contributed by atoms with van der Waals surface area (Å²) in [7, 11) is 1.39. The van der Waals surface area contributed by atoms with E-state index in [9.17, 15) is 4.79 Å². The van der Waals surface area contributed by atoms with Gasteiger partial charge in [-0.2, -0.15) is 0 Å². The number of fused-ring (bicyclic) bond motifs is 2. The van der Waals surface area contributed by atoms with Crippen LogP contribution in [-0.4, -0.2) is 37.9 Å². The monoisotopic (exact) mass is 546 g/mol. The van der Waals surface area contributed by atoms with E-state index in [0.717, 1.165) is 67.1 Å². The second-order valence-electron chi connectivity index (χ2n) is 10.5. The lowest BCUT2D eigenvalue weighted by molar-refractivity contribution is 0.0601. The van der Waals surface area contributed by atoms with Crippen molar-refractivity contribution in [3.8, 4) is 0 Å². The van der Waals surface area contributed by atoms with Gasteiger partial charge in [0.25, 0.3) is 0 Å². The first-order valence-electron chi connectivity index (χ1n) is 14.1. The minimum absolute atomic E-state index is 0.193. The van der Waals surface area contributed by atoms with Crippen LogP contribution >= 0.6 is 0 Å². The highest BCUT2D eigenvalue weighted by Crippen LogP contribution is 2.34. The number of aromatic nitrogens is 4. The van der Waals surface area contributed by atoms with Crippen molar-refractivity contribution in [1.29, 1.82) is 0 Å². The standard InChI is InChI=1S/C33H34N6O2/c1-41-33(40)26-14-15-28-29(18-26)38-31(37-28)22-39(30-9-4-6-25-7-5-17-36-32(25)30)21-24-12-10-23(11-13-24)19-34-20-27-8-2-3-16-35-27/h2-3,5,7-8,10-18,30,34H,4,6,9,19-22H2,1H3,(H,37,38). The zero-order valence-corrected chi connectivity index (χ0v) is 23.2. The van der Waals surface area contributed by atoms with Crippen LogP contribution in [0.3, 0.4) is 0 Å². The first kappa shape index (κ1) is 26.8. The number of ether oxygens (including phenoxy) is 1. The quantitative estimate of drug-likeness (QED) is 0.223. The first-order chi connectivity index (χ1) is 20.2. The molecule has 41 heavy (non-hydrogen) atoms. The molecule has 6 rings (SSSR count). The normalized spacial score (nSPS) is 14.7. The molecule has 0 saturated heterocycles. The fraction of sp³-hybridized carbons (Fsp3) is 0.273. The molecular weight excluding hydrogens is 512 g/mol. The molecule has 0 fully saturated rings. The van der Waals surface area contributed by atoms with E-state index < -0.39 is 0 Å². The number of hydrogen-bond donors (Lipinski definition) is 2. The van der Waals surface area contributed by atoms with Crippen LogP contribution in [0.15, 0.2) is 85.2 Å². The Morgan fingerprint density at radius 2 is 1.83 bits per heavy atom. The van der Waals surface area contributed by atoms with Gasteiger partial charge in [-0.15, -0.1) is 0 Å². The van der Waals surface area contributed by atoms with Crippen molar-refractivity contribution in [1.82, 2.24) is 30.2 Å². The van der Waals surface area contributed by atoms with Gasteiger partial charge in [-0.25, -0.2) is 9.78 Å². The third kappa shape index (κ3) is 6.34. The average molecular weight is 547 g/mol. The third-order valence-electron chi connectivity index (χ3n) is 7.68. The molecule has 2 N–H and O–H groups in total. The van der Waals surface area contributed by atoms with Crippen molar-refractivity contribution >= 4 is 17.0 Å². The molecule has 5 aromatic rings. The number of esters is 1. The van der Waals surface area contributed by atoms with Crippen LogP contribution in [-0.2, 0) is 37.3 Å². The van der Waals surface area contributed by atoms with Crippen LogP contribution in [0.1, 0.15) is 63.1 Å². The van der Waals surface area contributed by atoms with Gasteiger partial charge in [0.05, 0.1) is 47.7 Å². The minimum Gasteiger partial charge on any atom is -0.465 e. The number of nitrogens with zero attached hydrogens (tertiary/aromatic N) is 4. The van der Waals surface area contributed by atoms with Crippen molar-refractivity contribution in [2.75, 3.05) is 7.11 Å². The SMILES string of the molecule is COC(=O)c1ccc2nc(CN(Cc3ccc(CNCc4ccccn4)cc3)C3CCCc4cccnc43)[nH]c2c1. The van der Waals surface area contributed by atoms with Gasteiger partial charge >= 0.3 is 5.97 Å². The minimum atomic E-state index is -0.357. The molecule has 0 saturated carbocycles. The summed E-state index contributed by atoms with van der Waals surface area (Å²) in [6, 6.07) is 24.7. The smallest absolute Gasteiger partial charge is 0.337 e. The van der Waals surface area contributed by atoms with Gasteiger partial charge in [-0.1, -0.05) is 36.4 Å². The van der Waals surface area contributed by atoms with E-state index in [4.69, 9.17) is 14.7 Å². The molecule has 1 unspecified atom stereocenters. The summed E-state index contributed by atoms with van der Waals surface area (Å²) in [6.07, 6.45) is 6.96. The van der Waals surface area contributed by atoms with E-state index in [-0.39, 0.29) is 12.0 Å². The Morgan fingerprint density at radius 1 is 0.976 bits per heavy atom. The maximum atomic E-state index is 12.0. The van der Waals surface area contributed by atoms with E-state index in [1.807, 2.05) is 42.7 Å². The number of carbonyl (C=O) groups is 1. The molecular formula is C33H34N6O2. The van der Waals surface area contributed by atoms with Crippen molar-refractivity contribution in [2.24, 2.45) is 0 Å². The van der Waals surface area contributed by atoms with Gasteiger partial charge in [0.2, 0.25) is 0 Å². The van der Waals surface area contributed by atoms with E-state index >= 15 is 0 Å². The summed E-state index contributed by atoms with van der Waals surface area (Å²) < 4.78 is 4.89. The summed E-state index contributed by atoms with van der Waals surface area (Å²) >= 11 is 0. The molecule has 0 amide bonds. The highest BCUT2D eigenvalue weighted by Gasteiger charge is 2.28. The molecule has 2 aromatic carbocycles. The summed E-state index contributed by atoms with van der Waals surface area (Å²) in [5.41, 5.74) is 8.17. The largest absolute Gasteiger partial charge is 0.465 e. The average Bonchev–Trinajstić information content (AvgIpc) is 3.43. The number of methoxy groups -OCH3 is 1. The number of hydrogen-bond acceptors (Lipinski definition) is 7. The highest BCUT2D eigenvalue weighted by molar-refractivity contribution is 5.93. The zero-order valence-electron chi connectivity index (χ0n) is 23.2. The van der Waals surface area contributed by atoms with Gasteiger partial charge in [-0.3, -0.25) is 14.9 Å². The molecule has 0 radical (unpaired) electrons. The Labute approximate surface area is 239 Å². The lowest BCUT2D eigenvalue weighted by Gasteiger charge is -2.34. The third-order valence-corrected chi connectivity index (χ3v) is 7.68. The number of aryl methyl sites for hydroxylation is 1. The number of pyridine rings is 2. The number of nitrogens with one attached hydrogen (secondary N) is 2. The molecule has 1 atom stereocenters. The van der Waals surface area contributed by atoms with E-state index in [1.165, 1.54) is 23.8 Å². The number of benzene rings is 2. The number of imidazole rings is 1. The van der Waals surface area contributed by atoms with Gasteiger partial charge in [0.15, 0.2) is 0 Å².